The number of H-pyrrole nitrogens is 1. The van der Waals surface area contributed by atoms with Crippen molar-refractivity contribution in [2.45, 2.75) is 13.0 Å². The van der Waals surface area contributed by atoms with Crippen LogP contribution >= 0.6 is 12.2 Å². The third-order valence-corrected chi connectivity index (χ3v) is 2.77. The largest absolute Gasteiger partial charge is 0.483 e. The van der Waals surface area contributed by atoms with Crippen LogP contribution < -0.4 is 4.74 Å². The Morgan fingerprint density at radius 1 is 1.41 bits per heavy atom. The molecule has 90 valence electrons. The van der Waals surface area contributed by atoms with Gasteiger partial charge in [-0.2, -0.15) is 5.10 Å². The maximum absolute atomic E-state index is 12.7. The first kappa shape index (κ1) is 11.8. The minimum absolute atomic E-state index is 0.265. The Hall–Kier alpha value is -1.69. The smallest absolute Gasteiger partial charge is 0.195 e. The van der Waals surface area contributed by atoms with Crippen LogP contribution in [-0.4, -0.2) is 14.8 Å². The molecule has 0 saturated carbocycles. The van der Waals surface area contributed by atoms with Crippen molar-refractivity contribution < 1.29 is 9.13 Å². The van der Waals surface area contributed by atoms with Crippen LogP contribution in [0.1, 0.15) is 18.9 Å². The van der Waals surface area contributed by atoms with Gasteiger partial charge in [-0.25, -0.2) is 4.39 Å². The maximum atomic E-state index is 12.7. The van der Waals surface area contributed by atoms with Crippen LogP contribution in [0.5, 0.6) is 5.75 Å². The molecule has 0 saturated heterocycles. The Morgan fingerprint density at radius 3 is 2.59 bits per heavy atom. The lowest BCUT2D eigenvalue weighted by atomic mass is 10.3. The summed E-state index contributed by atoms with van der Waals surface area (Å²) < 4.78 is 20.6. The number of nitrogens with zero attached hydrogens (tertiary/aromatic N) is 2. The summed E-state index contributed by atoms with van der Waals surface area (Å²) in [5.41, 5.74) is 0. The van der Waals surface area contributed by atoms with Crippen molar-refractivity contribution >= 4 is 12.2 Å². The molecule has 6 heteroatoms. The van der Waals surface area contributed by atoms with E-state index in [2.05, 4.69) is 10.2 Å². The quantitative estimate of drug-likeness (QED) is 0.855. The SMILES string of the molecule is C[C@H](Oc1ccc(F)cc1)c1n[nH]c(=S)n1C. The second-order valence-corrected chi connectivity index (χ2v) is 4.05. The lowest BCUT2D eigenvalue weighted by molar-refractivity contribution is 0.212. The van der Waals surface area contributed by atoms with Gasteiger partial charge in [0.15, 0.2) is 16.7 Å². The summed E-state index contributed by atoms with van der Waals surface area (Å²) in [6.07, 6.45) is -0.265. The molecule has 0 spiro atoms. The summed E-state index contributed by atoms with van der Waals surface area (Å²) in [5, 5.41) is 6.76. The Labute approximate surface area is 103 Å². The molecule has 2 aromatic rings. The Bertz CT molecular complexity index is 561. The fourth-order valence-electron chi connectivity index (χ4n) is 1.49. The molecule has 0 amide bonds. The van der Waals surface area contributed by atoms with E-state index >= 15 is 0 Å². The molecule has 0 fully saturated rings. The van der Waals surface area contributed by atoms with Crippen LogP contribution in [0.4, 0.5) is 4.39 Å². The van der Waals surface area contributed by atoms with E-state index in [1.54, 1.807) is 16.7 Å². The van der Waals surface area contributed by atoms with E-state index in [9.17, 15) is 4.39 Å². The number of aromatic nitrogens is 3. The van der Waals surface area contributed by atoms with Gasteiger partial charge in [-0.05, 0) is 43.4 Å². The van der Waals surface area contributed by atoms with E-state index in [1.807, 2.05) is 14.0 Å². The number of hydrogen-bond donors (Lipinski definition) is 1. The molecule has 1 N–H and O–H groups in total. The van der Waals surface area contributed by atoms with Gasteiger partial charge in [0.05, 0.1) is 0 Å². The molecule has 4 nitrogen and oxygen atoms in total. The third-order valence-electron chi connectivity index (χ3n) is 2.40. The minimum atomic E-state index is -0.289. The Kier molecular flexibility index (Phi) is 3.23. The van der Waals surface area contributed by atoms with E-state index in [-0.39, 0.29) is 11.9 Å². The van der Waals surface area contributed by atoms with E-state index in [0.29, 0.717) is 16.3 Å². The molecule has 1 aromatic heterocycles. The highest BCUT2D eigenvalue weighted by molar-refractivity contribution is 7.71. The minimum Gasteiger partial charge on any atom is -0.483 e. The molecule has 0 radical (unpaired) electrons. The predicted molar refractivity (Wildman–Crippen MR) is 63.8 cm³/mol. The van der Waals surface area contributed by atoms with Crippen LogP contribution in [0, 0.1) is 10.6 Å². The first-order valence-electron chi connectivity index (χ1n) is 5.11. The van der Waals surface area contributed by atoms with Crippen molar-refractivity contribution in [2.24, 2.45) is 7.05 Å². The van der Waals surface area contributed by atoms with Gasteiger partial charge in [-0.15, -0.1) is 0 Å². The standard InChI is InChI=1S/C11H12FN3OS/c1-7(10-13-14-11(17)15(10)2)16-9-5-3-8(12)4-6-9/h3-7H,1-2H3,(H,14,17)/t7-/m0/s1. The van der Waals surface area contributed by atoms with E-state index in [1.165, 1.54) is 12.1 Å². The van der Waals surface area contributed by atoms with Gasteiger partial charge in [0.25, 0.3) is 0 Å². The summed E-state index contributed by atoms with van der Waals surface area (Å²) in [4.78, 5) is 0. The number of aromatic amines is 1. The van der Waals surface area contributed by atoms with Crippen LogP contribution in [0.2, 0.25) is 0 Å². The molecular weight excluding hydrogens is 241 g/mol. The fraction of sp³-hybridized carbons (Fsp3) is 0.273. The fourth-order valence-corrected chi connectivity index (χ4v) is 1.63. The van der Waals surface area contributed by atoms with E-state index in [4.69, 9.17) is 17.0 Å². The van der Waals surface area contributed by atoms with Crippen LogP contribution in [0.25, 0.3) is 0 Å². The molecular formula is C11H12FN3OS. The zero-order valence-electron chi connectivity index (χ0n) is 9.48. The highest BCUT2D eigenvalue weighted by Gasteiger charge is 2.13. The first-order valence-corrected chi connectivity index (χ1v) is 5.52. The second-order valence-electron chi connectivity index (χ2n) is 3.66. The molecule has 1 atom stereocenters. The lowest BCUT2D eigenvalue weighted by Gasteiger charge is -2.13. The van der Waals surface area contributed by atoms with Crippen molar-refractivity contribution in [3.05, 3.63) is 40.7 Å². The van der Waals surface area contributed by atoms with Crippen LogP contribution in [0.3, 0.4) is 0 Å². The summed E-state index contributed by atoms with van der Waals surface area (Å²) in [7, 11) is 1.81. The number of nitrogens with one attached hydrogen (secondary N) is 1. The van der Waals surface area contributed by atoms with Crippen molar-refractivity contribution in [1.82, 2.24) is 14.8 Å². The molecule has 0 aliphatic carbocycles. The van der Waals surface area contributed by atoms with Gasteiger partial charge in [0.2, 0.25) is 0 Å². The van der Waals surface area contributed by atoms with Gasteiger partial charge in [-0.1, -0.05) is 0 Å². The maximum Gasteiger partial charge on any atom is 0.195 e. The number of hydrogen-bond acceptors (Lipinski definition) is 3. The molecule has 0 aliphatic heterocycles. The highest BCUT2D eigenvalue weighted by Crippen LogP contribution is 2.20. The van der Waals surface area contributed by atoms with Crippen molar-refractivity contribution in [3.63, 3.8) is 0 Å². The summed E-state index contributed by atoms with van der Waals surface area (Å²) in [6, 6.07) is 5.86. The molecule has 0 bridgehead atoms. The number of rotatable bonds is 3. The predicted octanol–water partition coefficient (Wildman–Crippen LogP) is 2.76. The lowest BCUT2D eigenvalue weighted by Crippen LogP contribution is -2.09. The van der Waals surface area contributed by atoms with Gasteiger partial charge in [0, 0.05) is 7.05 Å². The first-order chi connectivity index (χ1) is 8.08. The summed E-state index contributed by atoms with van der Waals surface area (Å²) >= 11 is 5.01. The zero-order chi connectivity index (χ0) is 12.4. The normalized spacial score (nSPS) is 12.4. The number of ether oxygens (including phenoxy) is 1. The second kappa shape index (κ2) is 4.67. The Morgan fingerprint density at radius 2 is 2.06 bits per heavy atom. The molecule has 2 rings (SSSR count). The van der Waals surface area contributed by atoms with E-state index in [0.717, 1.165) is 0 Å². The summed E-state index contributed by atoms with van der Waals surface area (Å²) in [6.45, 7) is 1.86. The van der Waals surface area contributed by atoms with Gasteiger partial charge in [-0.3, -0.25) is 5.10 Å². The highest BCUT2D eigenvalue weighted by atomic mass is 32.1. The molecule has 0 unspecified atom stereocenters. The van der Waals surface area contributed by atoms with Crippen molar-refractivity contribution in [3.8, 4) is 5.75 Å². The average molecular weight is 253 g/mol. The Balaban J connectivity index is 2.17. The molecule has 0 aliphatic rings. The van der Waals surface area contributed by atoms with Gasteiger partial charge >= 0.3 is 0 Å². The van der Waals surface area contributed by atoms with Crippen LogP contribution in [0.15, 0.2) is 24.3 Å². The van der Waals surface area contributed by atoms with Gasteiger partial charge < -0.3 is 9.30 Å². The number of benzene rings is 1. The molecule has 17 heavy (non-hydrogen) atoms. The van der Waals surface area contributed by atoms with Crippen molar-refractivity contribution in [2.75, 3.05) is 0 Å². The topological polar surface area (TPSA) is 42.8 Å². The third kappa shape index (κ3) is 2.52. The van der Waals surface area contributed by atoms with Crippen LogP contribution in [-0.2, 0) is 7.05 Å². The monoisotopic (exact) mass is 253 g/mol. The molecule has 1 aromatic carbocycles. The average Bonchev–Trinajstić information content (AvgIpc) is 2.63. The van der Waals surface area contributed by atoms with E-state index < -0.39 is 0 Å². The van der Waals surface area contributed by atoms with Gasteiger partial charge in [0.1, 0.15) is 11.6 Å². The van der Waals surface area contributed by atoms with Crippen molar-refractivity contribution in [1.29, 1.82) is 0 Å². The number of halogens is 1. The zero-order valence-corrected chi connectivity index (χ0v) is 10.3. The summed E-state index contributed by atoms with van der Waals surface area (Å²) in [5.74, 6) is 0.996. The molecule has 1 heterocycles.